The van der Waals surface area contributed by atoms with E-state index >= 15 is 0 Å². The molecule has 0 bridgehead atoms. The van der Waals surface area contributed by atoms with E-state index < -0.39 is 5.54 Å². The van der Waals surface area contributed by atoms with Gasteiger partial charge in [-0.2, -0.15) is 5.10 Å². The van der Waals surface area contributed by atoms with Crippen molar-refractivity contribution >= 4 is 23.4 Å². The van der Waals surface area contributed by atoms with Gasteiger partial charge in [-0.25, -0.2) is 0 Å². The fourth-order valence-electron chi connectivity index (χ4n) is 4.73. The third-order valence-corrected chi connectivity index (χ3v) is 6.84. The van der Waals surface area contributed by atoms with Crippen LogP contribution in [0.4, 0.5) is 5.69 Å². The molecule has 2 aromatic rings. The number of para-hydroxylation sites is 1. The van der Waals surface area contributed by atoms with Crippen LogP contribution in [0.1, 0.15) is 78.9 Å². The van der Waals surface area contributed by atoms with Crippen molar-refractivity contribution in [3.05, 3.63) is 47.3 Å². The molecule has 176 valence electrons. The summed E-state index contributed by atoms with van der Waals surface area (Å²) in [7, 11) is 0. The molecule has 4 rings (SSSR count). The number of carbonyl (C=O) groups is 3. The van der Waals surface area contributed by atoms with E-state index in [9.17, 15) is 14.4 Å². The number of hydrogen-bond donors (Lipinski definition) is 2. The second-order valence-corrected chi connectivity index (χ2v) is 9.38. The van der Waals surface area contributed by atoms with E-state index in [-0.39, 0.29) is 36.0 Å². The van der Waals surface area contributed by atoms with E-state index in [0.717, 1.165) is 44.1 Å². The highest BCUT2D eigenvalue weighted by molar-refractivity contribution is 6.06. The van der Waals surface area contributed by atoms with Crippen molar-refractivity contribution in [3.63, 3.8) is 0 Å². The molecular weight excluding hydrogens is 418 g/mol. The molecule has 1 aliphatic carbocycles. The van der Waals surface area contributed by atoms with Gasteiger partial charge < -0.3 is 15.5 Å². The Balaban J connectivity index is 1.61. The number of nitrogens with zero attached hydrogens (tertiary/aromatic N) is 3. The largest absolute Gasteiger partial charge is 0.351 e. The second kappa shape index (κ2) is 9.37. The maximum atomic E-state index is 13.5. The quantitative estimate of drug-likeness (QED) is 0.673. The summed E-state index contributed by atoms with van der Waals surface area (Å²) in [6.07, 6.45) is 5.88. The zero-order chi connectivity index (χ0) is 23.6. The lowest BCUT2D eigenvalue weighted by atomic mass is 9.94. The van der Waals surface area contributed by atoms with Crippen molar-refractivity contribution in [3.8, 4) is 0 Å². The number of aromatic nitrogens is 2. The normalized spacial score (nSPS) is 20.6. The van der Waals surface area contributed by atoms with Gasteiger partial charge in [0.2, 0.25) is 5.91 Å². The minimum absolute atomic E-state index is 0.147. The van der Waals surface area contributed by atoms with Crippen molar-refractivity contribution in [1.82, 2.24) is 20.0 Å². The van der Waals surface area contributed by atoms with E-state index in [1.54, 1.807) is 4.90 Å². The standard InChI is InChI=1S/C25H33N5O3/c1-4-5-14-29-23(32)21-15-20(22(31)27-19-13-9-6-10-17(19)2)28-30(21)16-25(29,3)24(33)26-18-11-7-8-12-18/h6,9-10,13,15,18H,4-5,7-8,11-12,14,16H2,1-3H3,(H,26,33)(H,27,31). The number of carbonyl (C=O) groups excluding carboxylic acids is 3. The monoisotopic (exact) mass is 451 g/mol. The fourth-order valence-corrected chi connectivity index (χ4v) is 4.73. The summed E-state index contributed by atoms with van der Waals surface area (Å²) in [5.74, 6) is -0.789. The lowest BCUT2D eigenvalue weighted by Gasteiger charge is -2.43. The van der Waals surface area contributed by atoms with Crippen LogP contribution in [0.25, 0.3) is 0 Å². The molecule has 1 saturated carbocycles. The zero-order valence-electron chi connectivity index (χ0n) is 19.7. The molecule has 2 N–H and O–H groups in total. The number of benzene rings is 1. The van der Waals surface area contributed by atoms with Crippen molar-refractivity contribution in [2.24, 2.45) is 0 Å². The highest BCUT2D eigenvalue weighted by atomic mass is 16.2. The Bertz CT molecular complexity index is 1060. The summed E-state index contributed by atoms with van der Waals surface area (Å²) in [5.41, 5.74) is 1.08. The number of nitrogens with one attached hydrogen (secondary N) is 2. The number of aryl methyl sites for hydroxylation is 1. The Morgan fingerprint density at radius 2 is 1.94 bits per heavy atom. The third-order valence-electron chi connectivity index (χ3n) is 6.84. The summed E-state index contributed by atoms with van der Waals surface area (Å²) in [5, 5.41) is 10.5. The number of fused-ring (bicyclic) bond motifs is 1. The lowest BCUT2D eigenvalue weighted by Crippen LogP contribution is -2.65. The highest BCUT2D eigenvalue weighted by Gasteiger charge is 2.48. The van der Waals surface area contributed by atoms with Crippen LogP contribution in [0, 0.1) is 6.92 Å². The Hall–Kier alpha value is -3.16. The molecule has 1 unspecified atom stereocenters. The average Bonchev–Trinajstić information content (AvgIpc) is 3.45. The third kappa shape index (κ3) is 4.51. The lowest BCUT2D eigenvalue weighted by molar-refractivity contribution is -0.133. The number of rotatable bonds is 7. The molecule has 0 spiro atoms. The van der Waals surface area contributed by atoms with Crippen LogP contribution in [0.15, 0.2) is 30.3 Å². The van der Waals surface area contributed by atoms with Gasteiger partial charge in [0.25, 0.3) is 11.8 Å². The molecule has 2 heterocycles. The van der Waals surface area contributed by atoms with Gasteiger partial charge in [0.1, 0.15) is 11.2 Å². The highest BCUT2D eigenvalue weighted by Crippen LogP contribution is 2.29. The summed E-state index contributed by atoms with van der Waals surface area (Å²) in [6.45, 7) is 6.48. The molecule has 8 nitrogen and oxygen atoms in total. The maximum Gasteiger partial charge on any atom is 0.276 e. The molecule has 1 fully saturated rings. The molecule has 1 aromatic heterocycles. The molecule has 8 heteroatoms. The molecule has 1 aliphatic heterocycles. The first kappa shape index (κ1) is 23.0. The molecule has 1 atom stereocenters. The Labute approximate surface area is 194 Å². The van der Waals surface area contributed by atoms with Crippen molar-refractivity contribution in [2.75, 3.05) is 11.9 Å². The van der Waals surface area contributed by atoms with Crippen LogP contribution in [0.2, 0.25) is 0 Å². The molecular formula is C25H33N5O3. The second-order valence-electron chi connectivity index (χ2n) is 9.38. The van der Waals surface area contributed by atoms with Gasteiger partial charge in [-0.3, -0.25) is 19.1 Å². The minimum atomic E-state index is -1.06. The van der Waals surface area contributed by atoms with Gasteiger partial charge in [0.15, 0.2) is 5.69 Å². The Kier molecular flexibility index (Phi) is 6.54. The predicted molar refractivity (Wildman–Crippen MR) is 126 cm³/mol. The summed E-state index contributed by atoms with van der Waals surface area (Å²) in [6, 6.07) is 9.18. The number of anilines is 1. The van der Waals surface area contributed by atoms with Crippen molar-refractivity contribution < 1.29 is 14.4 Å². The summed E-state index contributed by atoms with van der Waals surface area (Å²) in [4.78, 5) is 41.4. The molecule has 3 amide bonds. The van der Waals surface area contributed by atoms with Crippen LogP contribution in [-0.2, 0) is 11.3 Å². The van der Waals surface area contributed by atoms with Gasteiger partial charge in [-0.15, -0.1) is 0 Å². The van der Waals surface area contributed by atoms with Crippen LogP contribution in [0.5, 0.6) is 0 Å². The van der Waals surface area contributed by atoms with Crippen LogP contribution in [0.3, 0.4) is 0 Å². The van der Waals surface area contributed by atoms with Gasteiger partial charge in [-0.05, 0) is 44.7 Å². The van der Waals surface area contributed by atoms with Crippen LogP contribution < -0.4 is 10.6 Å². The first-order chi connectivity index (χ1) is 15.8. The van der Waals surface area contributed by atoms with Crippen molar-refractivity contribution in [2.45, 2.75) is 77.4 Å². The van der Waals surface area contributed by atoms with E-state index in [1.165, 1.54) is 10.7 Å². The smallest absolute Gasteiger partial charge is 0.276 e. The van der Waals surface area contributed by atoms with Crippen molar-refractivity contribution in [1.29, 1.82) is 0 Å². The first-order valence-corrected chi connectivity index (χ1v) is 11.9. The Morgan fingerprint density at radius 1 is 1.21 bits per heavy atom. The molecule has 33 heavy (non-hydrogen) atoms. The van der Waals surface area contributed by atoms with Gasteiger partial charge >= 0.3 is 0 Å². The minimum Gasteiger partial charge on any atom is -0.351 e. The first-order valence-electron chi connectivity index (χ1n) is 11.9. The number of hydrogen-bond acceptors (Lipinski definition) is 4. The molecule has 2 aliphatic rings. The Morgan fingerprint density at radius 3 is 2.64 bits per heavy atom. The predicted octanol–water partition coefficient (Wildman–Crippen LogP) is 3.52. The number of unbranched alkanes of at least 4 members (excludes halogenated alkanes) is 1. The fraction of sp³-hybridized carbons (Fsp3) is 0.520. The zero-order valence-corrected chi connectivity index (χ0v) is 19.7. The molecule has 0 radical (unpaired) electrons. The van der Waals surface area contributed by atoms with Crippen LogP contribution >= 0.6 is 0 Å². The summed E-state index contributed by atoms with van der Waals surface area (Å²) < 4.78 is 1.52. The topological polar surface area (TPSA) is 96.3 Å². The van der Waals surface area contributed by atoms with E-state index in [1.807, 2.05) is 38.1 Å². The van der Waals surface area contributed by atoms with E-state index in [0.29, 0.717) is 17.9 Å². The van der Waals surface area contributed by atoms with Gasteiger partial charge in [0.05, 0.1) is 6.54 Å². The van der Waals surface area contributed by atoms with E-state index in [4.69, 9.17) is 0 Å². The van der Waals surface area contributed by atoms with E-state index in [2.05, 4.69) is 22.7 Å². The number of amides is 3. The average molecular weight is 452 g/mol. The molecule has 1 aromatic carbocycles. The van der Waals surface area contributed by atoms with Gasteiger partial charge in [-0.1, -0.05) is 44.4 Å². The SMILES string of the molecule is CCCCN1C(=O)c2cc(C(=O)Nc3ccccc3C)nn2CC1(C)C(=O)NC1CCCC1. The summed E-state index contributed by atoms with van der Waals surface area (Å²) >= 11 is 0. The van der Waals surface area contributed by atoms with Crippen LogP contribution in [-0.4, -0.2) is 50.5 Å². The molecule has 0 saturated heterocycles. The maximum absolute atomic E-state index is 13.5. The van der Waals surface area contributed by atoms with Gasteiger partial charge in [0, 0.05) is 24.3 Å².